The lowest BCUT2D eigenvalue weighted by Crippen LogP contribution is -2.34. The molecule has 6 heteroatoms. The van der Waals surface area contributed by atoms with Gasteiger partial charge in [0.25, 0.3) is 0 Å². The summed E-state index contributed by atoms with van der Waals surface area (Å²) in [6.45, 7) is 2.37. The first kappa shape index (κ1) is 12.2. The lowest BCUT2D eigenvalue weighted by Gasteiger charge is -2.21. The smallest absolute Gasteiger partial charge is 0.407 e. The predicted molar refractivity (Wildman–Crippen MR) is 65.4 cm³/mol. The van der Waals surface area contributed by atoms with Crippen LogP contribution in [0.15, 0.2) is 18.3 Å². The van der Waals surface area contributed by atoms with Crippen molar-refractivity contribution >= 4 is 11.9 Å². The molecule has 0 atom stereocenters. The van der Waals surface area contributed by atoms with E-state index in [9.17, 15) is 4.79 Å². The molecule has 0 aromatic carbocycles. The molecule has 1 amide bonds. The van der Waals surface area contributed by atoms with Crippen molar-refractivity contribution in [2.24, 2.45) is 0 Å². The van der Waals surface area contributed by atoms with Crippen LogP contribution >= 0.6 is 0 Å². The van der Waals surface area contributed by atoms with Crippen LogP contribution in [0.4, 0.5) is 10.6 Å². The predicted octanol–water partition coefficient (Wildman–Crippen LogP) is 1.14. The number of hydrogen-bond acceptors (Lipinski definition) is 4. The maximum atomic E-state index is 10.9. The van der Waals surface area contributed by atoms with Crippen LogP contribution in [0.25, 0.3) is 0 Å². The number of nitriles is 1. The molecule has 0 bridgehead atoms. The summed E-state index contributed by atoms with van der Waals surface area (Å²) in [7, 11) is 0. The zero-order valence-electron chi connectivity index (χ0n) is 9.91. The minimum atomic E-state index is -0.879. The number of anilines is 1. The fraction of sp³-hybridized carbons (Fsp3) is 0.417. The molecule has 6 nitrogen and oxygen atoms in total. The molecule has 94 valence electrons. The summed E-state index contributed by atoms with van der Waals surface area (Å²) in [6.07, 6.45) is 1.49. The van der Waals surface area contributed by atoms with Crippen molar-refractivity contribution in [2.75, 3.05) is 31.1 Å². The number of hydrogen-bond donors (Lipinski definition) is 1. The van der Waals surface area contributed by atoms with Gasteiger partial charge in [-0.25, -0.2) is 9.78 Å². The van der Waals surface area contributed by atoms with E-state index in [4.69, 9.17) is 10.4 Å². The van der Waals surface area contributed by atoms with Crippen LogP contribution in [0.2, 0.25) is 0 Å². The minimum absolute atomic E-state index is 0.466. The molecule has 0 spiro atoms. The molecule has 1 aromatic rings. The van der Waals surface area contributed by atoms with E-state index in [0.29, 0.717) is 25.2 Å². The normalized spacial score (nSPS) is 15.9. The molecule has 2 rings (SSSR count). The van der Waals surface area contributed by atoms with Crippen LogP contribution in [-0.2, 0) is 0 Å². The van der Waals surface area contributed by atoms with Crippen LogP contribution in [-0.4, -0.2) is 47.3 Å². The topological polar surface area (TPSA) is 80.5 Å². The minimum Gasteiger partial charge on any atom is -0.465 e. The van der Waals surface area contributed by atoms with Crippen molar-refractivity contribution in [3.8, 4) is 6.07 Å². The average molecular weight is 246 g/mol. The molecule has 0 unspecified atom stereocenters. The third-order valence-corrected chi connectivity index (χ3v) is 2.97. The monoisotopic (exact) mass is 246 g/mol. The van der Waals surface area contributed by atoms with E-state index < -0.39 is 6.09 Å². The van der Waals surface area contributed by atoms with Gasteiger partial charge in [-0.3, -0.25) is 0 Å². The maximum Gasteiger partial charge on any atom is 0.407 e. The molecule has 1 fully saturated rings. The van der Waals surface area contributed by atoms with Gasteiger partial charge in [-0.2, -0.15) is 5.26 Å². The number of aromatic nitrogens is 1. The third kappa shape index (κ3) is 2.69. The van der Waals surface area contributed by atoms with Gasteiger partial charge < -0.3 is 14.9 Å². The summed E-state index contributed by atoms with van der Waals surface area (Å²) >= 11 is 0. The Bertz CT molecular complexity index is 483. The molecular formula is C12H14N4O2. The summed E-state index contributed by atoms with van der Waals surface area (Å²) in [5.74, 6) is 0.737. The number of pyridine rings is 1. The van der Waals surface area contributed by atoms with E-state index in [1.165, 1.54) is 4.90 Å². The quantitative estimate of drug-likeness (QED) is 0.803. The number of carboxylic acid groups (broad SMARTS) is 1. The standard InChI is InChI=1S/C12H14N4O2/c13-9-10-2-3-14-11(8-10)15-4-1-5-16(7-6-15)12(17)18/h2-3,8H,1,4-7H2,(H,17,18). The molecule has 0 radical (unpaired) electrons. The van der Waals surface area contributed by atoms with Gasteiger partial charge in [0.1, 0.15) is 5.82 Å². The Kier molecular flexibility index (Phi) is 3.63. The first-order valence-electron chi connectivity index (χ1n) is 5.79. The van der Waals surface area contributed by atoms with Crippen molar-refractivity contribution in [2.45, 2.75) is 6.42 Å². The number of nitrogens with zero attached hydrogens (tertiary/aromatic N) is 4. The van der Waals surface area contributed by atoms with E-state index in [2.05, 4.69) is 11.1 Å². The van der Waals surface area contributed by atoms with Gasteiger partial charge in [0.15, 0.2) is 0 Å². The molecule has 1 aliphatic rings. The zero-order valence-corrected chi connectivity index (χ0v) is 9.91. The lowest BCUT2D eigenvalue weighted by molar-refractivity contribution is 0.148. The summed E-state index contributed by atoms with van der Waals surface area (Å²) in [5, 5.41) is 17.8. The highest BCUT2D eigenvalue weighted by atomic mass is 16.4. The summed E-state index contributed by atoms with van der Waals surface area (Å²) in [5.41, 5.74) is 0.569. The maximum absolute atomic E-state index is 10.9. The molecule has 0 aliphatic carbocycles. The summed E-state index contributed by atoms with van der Waals surface area (Å²) in [6, 6.07) is 5.47. The van der Waals surface area contributed by atoms with Crippen LogP contribution in [0.5, 0.6) is 0 Å². The van der Waals surface area contributed by atoms with Crippen LogP contribution in [0.1, 0.15) is 12.0 Å². The van der Waals surface area contributed by atoms with E-state index in [0.717, 1.165) is 18.8 Å². The Morgan fingerprint density at radius 3 is 2.94 bits per heavy atom. The second-order valence-corrected chi connectivity index (χ2v) is 4.12. The second-order valence-electron chi connectivity index (χ2n) is 4.12. The second kappa shape index (κ2) is 5.36. The van der Waals surface area contributed by atoms with E-state index in [-0.39, 0.29) is 0 Å². The Hall–Kier alpha value is -2.29. The van der Waals surface area contributed by atoms with Gasteiger partial charge in [-0.15, -0.1) is 0 Å². The fourth-order valence-corrected chi connectivity index (χ4v) is 2.00. The Labute approximate surface area is 105 Å². The van der Waals surface area contributed by atoms with Gasteiger partial charge in [0, 0.05) is 32.4 Å². The molecule has 18 heavy (non-hydrogen) atoms. The van der Waals surface area contributed by atoms with Gasteiger partial charge >= 0.3 is 6.09 Å². The van der Waals surface area contributed by atoms with Gasteiger partial charge in [-0.1, -0.05) is 0 Å². The molecule has 1 aliphatic heterocycles. The van der Waals surface area contributed by atoms with Crippen molar-refractivity contribution in [3.05, 3.63) is 23.9 Å². The van der Waals surface area contributed by atoms with E-state index >= 15 is 0 Å². The van der Waals surface area contributed by atoms with Crippen LogP contribution < -0.4 is 4.90 Å². The molecule has 1 aromatic heterocycles. The van der Waals surface area contributed by atoms with Crippen molar-refractivity contribution in [3.63, 3.8) is 0 Å². The molecule has 1 saturated heterocycles. The number of rotatable bonds is 1. The van der Waals surface area contributed by atoms with Crippen molar-refractivity contribution in [1.82, 2.24) is 9.88 Å². The van der Waals surface area contributed by atoms with Crippen LogP contribution in [0, 0.1) is 11.3 Å². The highest BCUT2D eigenvalue weighted by Crippen LogP contribution is 2.14. The average Bonchev–Trinajstić information content (AvgIpc) is 2.64. The SMILES string of the molecule is N#Cc1ccnc(N2CCCN(C(=O)O)CC2)c1. The molecular weight excluding hydrogens is 232 g/mol. The Balaban J connectivity index is 2.10. The first-order chi connectivity index (χ1) is 8.70. The highest BCUT2D eigenvalue weighted by Gasteiger charge is 2.19. The van der Waals surface area contributed by atoms with Crippen molar-refractivity contribution in [1.29, 1.82) is 5.26 Å². The zero-order chi connectivity index (χ0) is 13.0. The summed E-state index contributed by atoms with van der Waals surface area (Å²) in [4.78, 5) is 18.6. The van der Waals surface area contributed by atoms with Gasteiger partial charge in [-0.05, 0) is 18.6 Å². The van der Waals surface area contributed by atoms with E-state index in [1.807, 2.05) is 4.90 Å². The fourth-order valence-electron chi connectivity index (χ4n) is 2.00. The van der Waals surface area contributed by atoms with Crippen LogP contribution in [0.3, 0.4) is 0 Å². The highest BCUT2D eigenvalue weighted by molar-refractivity contribution is 5.65. The Morgan fingerprint density at radius 1 is 1.39 bits per heavy atom. The Morgan fingerprint density at radius 2 is 2.22 bits per heavy atom. The number of carbonyl (C=O) groups is 1. The summed E-state index contributed by atoms with van der Waals surface area (Å²) < 4.78 is 0. The third-order valence-electron chi connectivity index (χ3n) is 2.97. The lowest BCUT2D eigenvalue weighted by atomic mass is 10.2. The molecule has 1 N–H and O–H groups in total. The van der Waals surface area contributed by atoms with Crippen molar-refractivity contribution < 1.29 is 9.90 Å². The first-order valence-corrected chi connectivity index (χ1v) is 5.79. The van der Waals surface area contributed by atoms with Gasteiger partial charge in [0.05, 0.1) is 11.6 Å². The van der Waals surface area contributed by atoms with E-state index in [1.54, 1.807) is 18.3 Å². The van der Waals surface area contributed by atoms with Gasteiger partial charge in [0.2, 0.25) is 0 Å². The largest absolute Gasteiger partial charge is 0.465 e. The molecule has 2 heterocycles. The molecule has 0 saturated carbocycles. The number of amides is 1.